The van der Waals surface area contributed by atoms with Gasteiger partial charge in [-0.25, -0.2) is 0 Å². The van der Waals surface area contributed by atoms with Crippen molar-refractivity contribution >= 4 is 69.4 Å². The van der Waals surface area contributed by atoms with Gasteiger partial charge in [-0.3, -0.25) is 0 Å². The van der Waals surface area contributed by atoms with E-state index in [0.29, 0.717) is 0 Å². The van der Waals surface area contributed by atoms with E-state index in [4.69, 9.17) is 8.85 Å². The van der Waals surface area contributed by atoms with Crippen molar-refractivity contribution in [3.05, 3.63) is 263 Å². The first-order valence-corrected chi connectivity index (χ1v) is 29.1. The summed E-state index contributed by atoms with van der Waals surface area (Å²) < 4.78 is 15.6. The van der Waals surface area contributed by atoms with Crippen molar-refractivity contribution in [2.45, 2.75) is 63.5 Å². The van der Waals surface area contributed by atoms with Crippen LogP contribution in [0.5, 0.6) is 0 Å². The minimum absolute atomic E-state index is 0.00969. The Morgan fingerprint density at radius 1 is 0.343 bits per heavy atom. The molecular weight excluding hydrogens is 861 g/mol. The zero-order valence-electron chi connectivity index (χ0n) is 39.6. The third-order valence-corrected chi connectivity index (χ3v) is 25.8. The highest BCUT2D eigenvalue weighted by Gasteiger charge is 2.55. The van der Waals surface area contributed by atoms with Gasteiger partial charge in [0.15, 0.2) is 0 Å². The number of hydrogen-bond donors (Lipinski definition) is 0. The fourth-order valence-corrected chi connectivity index (χ4v) is 21.3. The maximum absolute atomic E-state index is 7.78. The molecule has 0 fully saturated rings. The highest BCUT2D eigenvalue weighted by molar-refractivity contribution is 7.00. The molecule has 0 radical (unpaired) electrons. The summed E-state index contributed by atoms with van der Waals surface area (Å²) in [5.74, 6) is 2.10. The maximum Gasteiger partial charge on any atom is 0.319 e. The minimum atomic E-state index is -2.85. The zero-order chi connectivity index (χ0) is 46.2. The van der Waals surface area contributed by atoms with Crippen LogP contribution in [0.25, 0.3) is 12.2 Å². The Morgan fingerprint density at radius 3 is 0.925 bits per heavy atom. The number of benzene rings is 8. The Kier molecular flexibility index (Phi) is 11.9. The monoisotopic (exact) mass is 920 g/mol. The first kappa shape index (κ1) is 44.3. The van der Waals surface area contributed by atoms with Crippen molar-refractivity contribution in [2.24, 2.45) is 0 Å². The van der Waals surface area contributed by atoms with Crippen LogP contribution in [-0.2, 0) is 8.85 Å². The largest absolute Gasteiger partial charge is 0.536 e. The van der Waals surface area contributed by atoms with Crippen molar-refractivity contribution in [1.82, 2.24) is 0 Å². The quantitative estimate of drug-likeness (QED) is 0.114. The van der Waals surface area contributed by atoms with Crippen LogP contribution in [-0.4, -0.2) is 26.2 Å². The fourth-order valence-electron chi connectivity index (χ4n) is 11.0. The summed E-state index contributed by atoms with van der Waals surface area (Å²) in [6, 6.07) is 80.6. The summed E-state index contributed by atoms with van der Waals surface area (Å²) in [6.45, 7) is 14.1. The lowest BCUT2D eigenvalue weighted by Gasteiger charge is -2.44. The summed E-state index contributed by atoms with van der Waals surface area (Å²) in [5, 5.41) is 7.69. The molecule has 332 valence electrons. The molecule has 10 rings (SSSR count). The Balaban J connectivity index is 0.943. The number of rotatable bonds is 12. The van der Waals surface area contributed by atoms with Gasteiger partial charge in [-0.05, 0) is 76.4 Å². The summed E-state index contributed by atoms with van der Waals surface area (Å²) in [5.41, 5.74) is 7.61. The molecule has 0 bridgehead atoms. The molecule has 8 aromatic carbocycles. The molecule has 0 aliphatic heterocycles. The van der Waals surface area contributed by atoms with Crippen LogP contribution >= 0.6 is 0 Å². The Hall–Kier alpha value is -6.51. The number of fused-ring (bicyclic) bond motifs is 2. The lowest BCUT2D eigenvalue weighted by Crippen LogP contribution is -2.66. The molecule has 2 nitrogen and oxygen atoms in total. The minimum Gasteiger partial charge on any atom is -0.536 e. The average molecular weight is 921 g/mol. The van der Waals surface area contributed by atoms with Gasteiger partial charge in [0, 0.05) is 0 Å². The van der Waals surface area contributed by atoms with E-state index in [2.05, 4.69) is 272 Å². The first-order chi connectivity index (χ1) is 32.5. The Bertz CT molecular complexity index is 2750. The molecule has 0 heterocycles. The van der Waals surface area contributed by atoms with Crippen LogP contribution in [0.15, 0.2) is 230 Å². The predicted octanol–water partition coefficient (Wildman–Crippen LogP) is 10.9. The maximum atomic E-state index is 7.78. The third kappa shape index (κ3) is 8.13. The lowest BCUT2D eigenvalue weighted by atomic mass is 9.92. The smallest absolute Gasteiger partial charge is 0.319 e. The highest BCUT2D eigenvalue weighted by atomic mass is 28.4. The van der Waals surface area contributed by atoms with Crippen LogP contribution in [0.4, 0.5) is 0 Å². The standard InChI is InChI=1S/C62H60O2Si3/c1-61(2,3)66(51-25-11-7-12-26-51,52-27-13-8-14-28-52)63-57-43-47-23-19-21-33-55(47)59(57)45-35-39-49(40-36-45)65-50-41-37-46(38-42-50)60-56-34-22-20-24-48(56)44-58(60)64-67(62(4,5)6,53-29-15-9-16-30-53)54-31-17-10-18-32-54/h7-44,59-60H,65H2,1-6H3. The first-order valence-electron chi connectivity index (χ1n) is 23.9. The van der Waals surface area contributed by atoms with E-state index in [0.717, 1.165) is 11.5 Å². The Morgan fingerprint density at radius 2 is 0.627 bits per heavy atom. The van der Waals surface area contributed by atoms with E-state index in [1.807, 2.05) is 0 Å². The fraction of sp³-hybridized carbons (Fsp3) is 0.161. The van der Waals surface area contributed by atoms with Crippen molar-refractivity contribution < 1.29 is 8.85 Å². The second-order valence-corrected chi connectivity index (χ2v) is 30.8. The summed E-state index contributed by atoms with van der Waals surface area (Å²) >= 11 is 0. The molecule has 2 unspecified atom stereocenters. The zero-order valence-corrected chi connectivity index (χ0v) is 43.0. The molecule has 2 aliphatic carbocycles. The van der Waals surface area contributed by atoms with Gasteiger partial charge < -0.3 is 8.85 Å². The molecule has 0 aromatic heterocycles. The summed E-state index contributed by atoms with van der Waals surface area (Å²) in [7, 11) is -6.47. The van der Waals surface area contributed by atoms with Crippen LogP contribution in [0.2, 0.25) is 10.1 Å². The SMILES string of the molecule is CC(C)(C)[Si](OC1=Cc2ccccc2C1c1ccc([SiH2]c2ccc(C3C(O[Si](c4ccccc4)(c4ccccc4)C(C)(C)C)=Cc4ccccc43)cc2)cc1)(c1ccccc1)c1ccccc1. The lowest BCUT2D eigenvalue weighted by molar-refractivity contribution is 0.381. The molecular formula is C62H60O2Si3. The summed E-state index contributed by atoms with van der Waals surface area (Å²) in [4.78, 5) is 0. The van der Waals surface area contributed by atoms with E-state index in [1.54, 1.807) is 0 Å². The highest BCUT2D eigenvalue weighted by Crippen LogP contribution is 2.48. The van der Waals surface area contributed by atoms with Crippen LogP contribution in [0.1, 0.15) is 86.8 Å². The van der Waals surface area contributed by atoms with Gasteiger partial charge in [0.1, 0.15) is 0 Å². The Labute approximate surface area is 402 Å². The molecule has 0 spiro atoms. The van der Waals surface area contributed by atoms with E-state index >= 15 is 0 Å². The van der Waals surface area contributed by atoms with E-state index in [9.17, 15) is 0 Å². The van der Waals surface area contributed by atoms with Crippen LogP contribution in [0.3, 0.4) is 0 Å². The van der Waals surface area contributed by atoms with Gasteiger partial charge in [0.25, 0.3) is 0 Å². The molecule has 8 aromatic rings. The van der Waals surface area contributed by atoms with Gasteiger partial charge in [-0.2, -0.15) is 0 Å². The topological polar surface area (TPSA) is 18.5 Å². The molecule has 67 heavy (non-hydrogen) atoms. The number of allylic oxidation sites excluding steroid dienone is 2. The third-order valence-electron chi connectivity index (χ3n) is 14.2. The molecule has 0 N–H and O–H groups in total. The van der Waals surface area contributed by atoms with Gasteiger partial charge >= 0.3 is 16.6 Å². The molecule has 0 amide bonds. The summed E-state index contributed by atoms with van der Waals surface area (Å²) in [6.07, 6.45) is 4.62. The molecule has 0 saturated heterocycles. The van der Waals surface area contributed by atoms with Crippen molar-refractivity contribution in [3.8, 4) is 0 Å². The second-order valence-electron chi connectivity index (χ2n) is 20.4. The molecule has 2 aliphatic rings. The normalized spacial score (nSPS) is 16.0. The van der Waals surface area contributed by atoms with E-state index < -0.39 is 26.2 Å². The van der Waals surface area contributed by atoms with E-state index in [1.165, 1.54) is 64.5 Å². The number of hydrogen-bond acceptors (Lipinski definition) is 2. The van der Waals surface area contributed by atoms with Gasteiger partial charge in [0.2, 0.25) is 0 Å². The van der Waals surface area contributed by atoms with Gasteiger partial charge in [-0.1, -0.05) is 270 Å². The van der Waals surface area contributed by atoms with E-state index in [-0.39, 0.29) is 21.9 Å². The van der Waals surface area contributed by atoms with Crippen molar-refractivity contribution in [3.63, 3.8) is 0 Å². The van der Waals surface area contributed by atoms with Gasteiger partial charge in [0.05, 0.1) is 32.9 Å². The van der Waals surface area contributed by atoms with Crippen LogP contribution < -0.4 is 31.1 Å². The molecule has 0 saturated carbocycles. The molecule has 2 atom stereocenters. The van der Waals surface area contributed by atoms with Gasteiger partial charge in [-0.15, -0.1) is 0 Å². The average Bonchev–Trinajstić information content (AvgIpc) is 3.91. The van der Waals surface area contributed by atoms with Crippen molar-refractivity contribution in [1.29, 1.82) is 0 Å². The molecule has 5 heteroatoms. The van der Waals surface area contributed by atoms with Crippen molar-refractivity contribution in [2.75, 3.05) is 0 Å². The predicted molar refractivity (Wildman–Crippen MR) is 291 cm³/mol. The van der Waals surface area contributed by atoms with Crippen LogP contribution in [0, 0.1) is 0 Å². The second kappa shape index (κ2) is 17.9.